The Balaban J connectivity index is 1.75. The van der Waals surface area contributed by atoms with Crippen molar-refractivity contribution in [2.75, 3.05) is 32.0 Å². The van der Waals surface area contributed by atoms with Gasteiger partial charge in [0.05, 0.1) is 6.61 Å². The molecule has 8 heteroatoms. The van der Waals surface area contributed by atoms with E-state index in [0.717, 1.165) is 38.9 Å². The molecule has 1 aliphatic heterocycles. The van der Waals surface area contributed by atoms with Crippen molar-refractivity contribution in [2.45, 2.75) is 45.6 Å². The number of aryl methyl sites for hydroxylation is 1. The van der Waals surface area contributed by atoms with E-state index in [4.69, 9.17) is 10.5 Å². The number of nitrogens with two attached hydrogens (primary N) is 1. The van der Waals surface area contributed by atoms with Gasteiger partial charge < -0.3 is 20.4 Å². The van der Waals surface area contributed by atoms with Crippen molar-refractivity contribution in [3.8, 4) is 6.01 Å². The van der Waals surface area contributed by atoms with Crippen LogP contribution in [0.15, 0.2) is 4.79 Å². The van der Waals surface area contributed by atoms with Crippen molar-refractivity contribution < 1.29 is 4.74 Å². The van der Waals surface area contributed by atoms with Crippen molar-refractivity contribution >= 4 is 17.0 Å². The summed E-state index contributed by atoms with van der Waals surface area (Å²) in [6.07, 6.45) is 5.41. The fraction of sp³-hybridized carbons (Fsp3) is 0.688. The number of nitrogens with zero attached hydrogens (tertiary/aromatic N) is 4. The molecule has 0 amide bonds. The largest absolute Gasteiger partial charge is 0.463 e. The molecule has 2 aromatic heterocycles. The Kier molecular flexibility index (Phi) is 5.34. The minimum Gasteiger partial charge on any atom is -0.463 e. The smallest absolute Gasteiger partial charge is 0.327 e. The molecule has 132 valence electrons. The van der Waals surface area contributed by atoms with E-state index >= 15 is 0 Å². The summed E-state index contributed by atoms with van der Waals surface area (Å²) in [7, 11) is 0. The van der Waals surface area contributed by atoms with Crippen LogP contribution in [0.5, 0.6) is 6.01 Å². The molecule has 8 nitrogen and oxygen atoms in total. The van der Waals surface area contributed by atoms with Crippen LogP contribution in [0, 0.1) is 0 Å². The fourth-order valence-corrected chi connectivity index (χ4v) is 3.07. The van der Waals surface area contributed by atoms with Crippen molar-refractivity contribution in [1.82, 2.24) is 24.4 Å². The molecule has 0 aromatic carbocycles. The molecule has 0 radical (unpaired) electrons. The highest BCUT2D eigenvalue weighted by molar-refractivity contribution is 5.81. The van der Waals surface area contributed by atoms with Crippen LogP contribution in [-0.2, 0) is 6.54 Å². The molecule has 0 unspecified atom stereocenters. The third-order valence-corrected chi connectivity index (χ3v) is 4.41. The van der Waals surface area contributed by atoms with E-state index in [2.05, 4.69) is 26.8 Å². The molecule has 0 aliphatic carbocycles. The number of rotatable bonds is 8. The number of hydrogen-bond acceptors (Lipinski definition) is 6. The highest BCUT2D eigenvalue weighted by Gasteiger charge is 2.15. The number of imidazole rings is 1. The Morgan fingerprint density at radius 1 is 1.21 bits per heavy atom. The topological polar surface area (TPSA) is 102 Å². The number of hydrogen-bond donors (Lipinski definition) is 2. The monoisotopic (exact) mass is 334 g/mol. The molecule has 24 heavy (non-hydrogen) atoms. The number of ether oxygens (including phenoxy) is 1. The normalized spacial score (nSPS) is 15.4. The van der Waals surface area contributed by atoms with Gasteiger partial charge in [-0.1, -0.05) is 13.3 Å². The van der Waals surface area contributed by atoms with Crippen LogP contribution in [0.3, 0.4) is 0 Å². The maximum Gasteiger partial charge on any atom is 0.327 e. The maximum absolute atomic E-state index is 12.2. The van der Waals surface area contributed by atoms with Crippen LogP contribution < -0.4 is 16.2 Å². The third-order valence-electron chi connectivity index (χ3n) is 4.41. The first-order valence-corrected chi connectivity index (χ1v) is 8.80. The first-order valence-electron chi connectivity index (χ1n) is 8.80. The van der Waals surface area contributed by atoms with Crippen molar-refractivity contribution in [3.63, 3.8) is 0 Å². The van der Waals surface area contributed by atoms with Gasteiger partial charge in [-0.05, 0) is 45.3 Å². The molecule has 1 aliphatic rings. The Morgan fingerprint density at radius 2 is 2.00 bits per heavy atom. The second-order valence-electron chi connectivity index (χ2n) is 6.28. The number of anilines is 1. The number of aromatic amines is 1. The number of fused-ring (bicyclic) bond motifs is 1. The number of nitrogens with one attached hydrogen (secondary N) is 1. The first kappa shape index (κ1) is 16.8. The SMILES string of the molecule is CCCCOc1nc(N)c2[nH]c(=O)n(CCCN3CCCC3)c2n1. The van der Waals surface area contributed by atoms with E-state index < -0.39 is 0 Å². The first-order chi connectivity index (χ1) is 11.7. The van der Waals surface area contributed by atoms with Crippen LogP contribution in [0.2, 0.25) is 0 Å². The summed E-state index contributed by atoms with van der Waals surface area (Å²) >= 11 is 0. The Hall–Kier alpha value is -2.09. The molecule has 0 saturated carbocycles. The maximum atomic E-state index is 12.2. The van der Waals surface area contributed by atoms with E-state index in [9.17, 15) is 4.79 Å². The zero-order valence-corrected chi connectivity index (χ0v) is 14.3. The Morgan fingerprint density at radius 3 is 2.75 bits per heavy atom. The average Bonchev–Trinajstić information content (AvgIpc) is 3.17. The van der Waals surface area contributed by atoms with Gasteiger partial charge >= 0.3 is 11.7 Å². The summed E-state index contributed by atoms with van der Waals surface area (Å²) < 4.78 is 7.18. The number of likely N-dealkylation sites (tertiary alicyclic amines) is 1. The number of aromatic nitrogens is 4. The van der Waals surface area contributed by atoms with Gasteiger partial charge in [-0.25, -0.2) is 4.79 Å². The predicted octanol–water partition coefficient (Wildman–Crippen LogP) is 1.37. The van der Waals surface area contributed by atoms with E-state index in [0.29, 0.717) is 24.3 Å². The molecule has 3 rings (SSSR count). The van der Waals surface area contributed by atoms with Gasteiger partial charge in [-0.2, -0.15) is 9.97 Å². The minimum atomic E-state index is -0.196. The van der Waals surface area contributed by atoms with Gasteiger partial charge in [0.2, 0.25) is 0 Å². The van der Waals surface area contributed by atoms with Gasteiger partial charge in [0.1, 0.15) is 5.52 Å². The molecule has 1 saturated heterocycles. The Labute approximate surface area is 141 Å². The average molecular weight is 334 g/mol. The van der Waals surface area contributed by atoms with Crippen molar-refractivity contribution in [2.24, 2.45) is 0 Å². The summed E-state index contributed by atoms with van der Waals surface area (Å²) in [5.74, 6) is 0.252. The van der Waals surface area contributed by atoms with Crippen molar-refractivity contribution in [1.29, 1.82) is 0 Å². The van der Waals surface area contributed by atoms with E-state index in [-0.39, 0.29) is 17.5 Å². The minimum absolute atomic E-state index is 0.196. The molecule has 2 aromatic rings. The Bertz CT molecular complexity index is 732. The van der Waals surface area contributed by atoms with Gasteiger partial charge in [-0.15, -0.1) is 0 Å². The van der Waals surface area contributed by atoms with Crippen LogP contribution in [0.25, 0.3) is 11.2 Å². The molecule has 0 atom stereocenters. The lowest BCUT2D eigenvalue weighted by atomic mass is 10.4. The van der Waals surface area contributed by atoms with Gasteiger partial charge in [0.15, 0.2) is 11.5 Å². The fourth-order valence-electron chi connectivity index (χ4n) is 3.07. The van der Waals surface area contributed by atoms with Gasteiger partial charge in [0.25, 0.3) is 0 Å². The molecule has 0 bridgehead atoms. The highest BCUT2D eigenvalue weighted by atomic mass is 16.5. The second kappa shape index (κ2) is 7.65. The van der Waals surface area contributed by atoms with E-state index in [1.165, 1.54) is 12.8 Å². The molecule has 3 heterocycles. The lowest BCUT2D eigenvalue weighted by Gasteiger charge is -2.14. The van der Waals surface area contributed by atoms with Crippen LogP contribution >= 0.6 is 0 Å². The zero-order chi connectivity index (χ0) is 16.9. The summed E-state index contributed by atoms with van der Waals surface area (Å²) in [5.41, 5.74) is 6.77. The third kappa shape index (κ3) is 3.69. The second-order valence-corrected chi connectivity index (χ2v) is 6.28. The summed E-state index contributed by atoms with van der Waals surface area (Å²) in [5, 5.41) is 0. The van der Waals surface area contributed by atoms with Gasteiger partial charge in [0, 0.05) is 6.54 Å². The predicted molar refractivity (Wildman–Crippen MR) is 93.3 cm³/mol. The summed E-state index contributed by atoms with van der Waals surface area (Å²) in [6, 6.07) is 0.237. The standard InChI is InChI=1S/C16H26N6O2/c1-2-3-11-24-15-19-13(17)12-14(20-15)22(16(23)18-12)10-6-9-21-7-4-5-8-21/h2-11H2,1H3,(H,18,23)(H2,17,19,20). The van der Waals surface area contributed by atoms with Crippen molar-refractivity contribution in [3.05, 3.63) is 10.5 Å². The van der Waals surface area contributed by atoms with E-state index in [1.807, 2.05) is 0 Å². The highest BCUT2D eigenvalue weighted by Crippen LogP contribution is 2.18. The van der Waals surface area contributed by atoms with E-state index in [1.54, 1.807) is 4.57 Å². The number of unbranched alkanes of at least 4 members (excludes halogenated alkanes) is 1. The lowest BCUT2D eigenvalue weighted by Crippen LogP contribution is -2.24. The molecular weight excluding hydrogens is 308 g/mol. The van der Waals surface area contributed by atoms with Crippen LogP contribution in [-0.4, -0.2) is 50.7 Å². The quantitative estimate of drug-likeness (QED) is 0.707. The molecule has 0 spiro atoms. The zero-order valence-electron chi connectivity index (χ0n) is 14.3. The summed E-state index contributed by atoms with van der Waals surface area (Å²) in [4.78, 5) is 25.9. The molecule has 1 fully saturated rings. The van der Waals surface area contributed by atoms with Crippen LogP contribution in [0.1, 0.15) is 39.0 Å². The summed E-state index contributed by atoms with van der Waals surface area (Å²) in [6.45, 7) is 6.57. The lowest BCUT2D eigenvalue weighted by molar-refractivity contribution is 0.286. The number of nitrogen functional groups attached to an aromatic ring is 1. The molecule has 3 N–H and O–H groups in total. The van der Waals surface area contributed by atoms with Gasteiger partial charge in [-0.3, -0.25) is 4.57 Å². The number of H-pyrrole nitrogens is 1. The van der Waals surface area contributed by atoms with Crippen LogP contribution in [0.4, 0.5) is 5.82 Å². The molecular formula is C16H26N6O2.